The summed E-state index contributed by atoms with van der Waals surface area (Å²) in [5, 5.41) is 0. The summed E-state index contributed by atoms with van der Waals surface area (Å²) in [7, 11) is 0. The first-order valence-electron chi connectivity index (χ1n) is 4.90. The van der Waals surface area contributed by atoms with Gasteiger partial charge in [0.2, 0.25) is 0 Å². The Morgan fingerprint density at radius 2 is 2.23 bits per heavy atom. The second-order valence-corrected chi connectivity index (χ2v) is 4.69. The highest BCUT2D eigenvalue weighted by Gasteiger charge is 1.99. The maximum absolute atomic E-state index is 10.8. The number of carbonyl (C=O) groups excluding carboxylic acids is 1. The molecule has 0 aliphatic heterocycles. The summed E-state index contributed by atoms with van der Waals surface area (Å²) in [4.78, 5) is 10.8. The van der Waals surface area contributed by atoms with E-state index < -0.39 is 0 Å². The minimum Gasteiger partial charge on any atom is -0.300 e. The summed E-state index contributed by atoms with van der Waals surface area (Å²) in [6.45, 7) is 5.91. The fraction of sp³-hybridized carbons (Fsp3) is 0.727. The van der Waals surface area contributed by atoms with E-state index in [1.54, 1.807) is 6.92 Å². The molecule has 13 heavy (non-hydrogen) atoms. The van der Waals surface area contributed by atoms with Gasteiger partial charge in [0, 0.05) is 6.42 Å². The first kappa shape index (κ1) is 12.8. The molecule has 0 fully saturated rings. The Morgan fingerprint density at radius 1 is 1.54 bits per heavy atom. The fourth-order valence-electron chi connectivity index (χ4n) is 1.15. The van der Waals surface area contributed by atoms with E-state index in [2.05, 4.69) is 26.0 Å². The molecule has 0 bridgehead atoms. The van der Waals surface area contributed by atoms with Crippen LogP contribution in [-0.4, -0.2) is 17.3 Å². The molecule has 0 spiro atoms. The minimum atomic E-state index is 0.278. The zero-order valence-electron chi connectivity index (χ0n) is 8.88. The third-order valence-electron chi connectivity index (χ3n) is 1.71. The molecule has 0 saturated heterocycles. The Morgan fingerprint density at radius 3 is 2.77 bits per heavy atom. The van der Waals surface area contributed by atoms with Gasteiger partial charge >= 0.3 is 0 Å². The van der Waals surface area contributed by atoms with Crippen LogP contribution in [0.2, 0.25) is 0 Å². The van der Waals surface area contributed by atoms with Crippen LogP contribution in [0.4, 0.5) is 0 Å². The molecule has 0 rings (SSSR count). The van der Waals surface area contributed by atoms with E-state index in [-0.39, 0.29) is 5.78 Å². The van der Waals surface area contributed by atoms with Crippen molar-refractivity contribution in [3.8, 4) is 0 Å². The van der Waals surface area contributed by atoms with Crippen LogP contribution in [0.3, 0.4) is 0 Å². The van der Waals surface area contributed by atoms with Crippen LogP contribution >= 0.6 is 11.8 Å². The molecule has 0 radical (unpaired) electrons. The highest BCUT2D eigenvalue weighted by Crippen LogP contribution is 2.06. The van der Waals surface area contributed by atoms with Gasteiger partial charge in [-0.05, 0) is 30.8 Å². The standard InChI is InChI=1S/C11H20OS/c1-4-13-8-6-5-7-10(2)9-11(3)12/h5,7,10H,4,6,8-9H2,1-3H3/b7-5+. The van der Waals surface area contributed by atoms with Gasteiger partial charge in [-0.3, -0.25) is 0 Å². The molecule has 0 heterocycles. The van der Waals surface area contributed by atoms with E-state index in [9.17, 15) is 4.79 Å². The van der Waals surface area contributed by atoms with Gasteiger partial charge in [0.25, 0.3) is 0 Å². The molecule has 0 aromatic heterocycles. The molecule has 0 aliphatic rings. The average Bonchev–Trinajstić information content (AvgIpc) is 2.02. The number of ketones is 1. The van der Waals surface area contributed by atoms with E-state index in [0.717, 1.165) is 6.42 Å². The number of thioether (sulfide) groups is 1. The number of rotatable bonds is 7. The molecule has 0 aromatic rings. The van der Waals surface area contributed by atoms with Gasteiger partial charge < -0.3 is 4.79 Å². The van der Waals surface area contributed by atoms with E-state index in [1.165, 1.54) is 11.5 Å². The predicted octanol–water partition coefficient (Wildman–Crippen LogP) is 3.30. The van der Waals surface area contributed by atoms with Crippen molar-refractivity contribution >= 4 is 17.5 Å². The van der Waals surface area contributed by atoms with Crippen LogP contribution in [-0.2, 0) is 4.79 Å². The largest absolute Gasteiger partial charge is 0.300 e. The molecule has 76 valence electrons. The van der Waals surface area contributed by atoms with Gasteiger partial charge in [0.05, 0.1) is 0 Å². The Hall–Kier alpha value is -0.240. The van der Waals surface area contributed by atoms with Crippen LogP contribution in [0, 0.1) is 5.92 Å². The van der Waals surface area contributed by atoms with Crippen molar-refractivity contribution in [1.29, 1.82) is 0 Å². The topological polar surface area (TPSA) is 17.1 Å². The summed E-state index contributed by atoms with van der Waals surface area (Å²) in [6.07, 6.45) is 6.14. The molecule has 0 N–H and O–H groups in total. The van der Waals surface area contributed by atoms with E-state index in [4.69, 9.17) is 0 Å². The Balaban J connectivity index is 3.41. The van der Waals surface area contributed by atoms with Crippen LogP contribution in [0.5, 0.6) is 0 Å². The molecule has 1 atom stereocenters. The van der Waals surface area contributed by atoms with E-state index in [1.807, 2.05) is 11.8 Å². The molecule has 2 heteroatoms. The molecule has 1 nitrogen and oxygen atoms in total. The van der Waals surface area contributed by atoms with Gasteiger partial charge in [0.1, 0.15) is 5.78 Å². The van der Waals surface area contributed by atoms with Crippen LogP contribution in [0.15, 0.2) is 12.2 Å². The number of carbonyl (C=O) groups is 1. The minimum absolute atomic E-state index is 0.278. The summed E-state index contributed by atoms with van der Waals surface area (Å²) in [6, 6.07) is 0. The monoisotopic (exact) mass is 200 g/mol. The maximum Gasteiger partial charge on any atom is 0.130 e. The molecular weight excluding hydrogens is 180 g/mol. The van der Waals surface area contributed by atoms with Gasteiger partial charge in [-0.1, -0.05) is 26.0 Å². The summed E-state index contributed by atoms with van der Waals surface area (Å²) in [5.74, 6) is 3.07. The van der Waals surface area contributed by atoms with Crippen LogP contribution in [0.25, 0.3) is 0 Å². The van der Waals surface area contributed by atoms with Gasteiger partial charge in [-0.15, -0.1) is 0 Å². The van der Waals surface area contributed by atoms with Gasteiger partial charge in [-0.2, -0.15) is 11.8 Å². The third kappa shape index (κ3) is 9.68. The lowest BCUT2D eigenvalue weighted by Crippen LogP contribution is -1.97. The van der Waals surface area contributed by atoms with Gasteiger partial charge in [-0.25, -0.2) is 0 Å². The van der Waals surface area contributed by atoms with Crippen molar-refractivity contribution < 1.29 is 4.79 Å². The molecule has 0 aromatic carbocycles. The highest BCUT2D eigenvalue weighted by atomic mass is 32.2. The van der Waals surface area contributed by atoms with Crippen LogP contribution < -0.4 is 0 Å². The predicted molar refractivity (Wildman–Crippen MR) is 61.2 cm³/mol. The molecule has 0 amide bonds. The van der Waals surface area contributed by atoms with Crippen molar-refractivity contribution in [1.82, 2.24) is 0 Å². The lowest BCUT2D eigenvalue weighted by molar-refractivity contribution is -0.117. The second-order valence-electron chi connectivity index (χ2n) is 3.30. The summed E-state index contributed by atoms with van der Waals surface area (Å²) in [5.41, 5.74) is 0. The number of hydrogen-bond donors (Lipinski definition) is 0. The van der Waals surface area contributed by atoms with Crippen LogP contribution in [0.1, 0.15) is 33.6 Å². The number of Topliss-reactive ketones (excluding diaryl/α,β-unsaturated/α-hetero) is 1. The number of allylic oxidation sites excluding steroid dienone is 2. The summed E-state index contributed by atoms with van der Waals surface area (Å²) < 4.78 is 0. The van der Waals surface area contributed by atoms with Crippen molar-refractivity contribution in [2.75, 3.05) is 11.5 Å². The Bertz CT molecular complexity index is 163. The van der Waals surface area contributed by atoms with Crippen molar-refractivity contribution in [2.45, 2.75) is 33.6 Å². The Kier molecular flexibility index (Phi) is 8.21. The Labute approximate surface area is 86.0 Å². The zero-order chi connectivity index (χ0) is 10.1. The highest BCUT2D eigenvalue weighted by molar-refractivity contribution is 7.99. The smallest absolute Gasteiger partial charge is 0.130 e. The first-order valence-corrected chi connectivity index (χ1v) is 6.06. The van der Waals surface area contributed by atoms with Crippen molar-refractivity contribution in [3.63, 3.8) is 0 Å². The lowest BCUT2D eigenvalue weighted by atomic mass is 10.1. The molecule has 1 unspecified atom stereocenters. The normalized spacial score (nSPS) is 13.5. The zero-order valence-corrected chi connectivity index (χ0v) is 9.69. The summed E-state index contributed by atoms with van der Waals surface area (Å²) >= 11 is 1.96. The maximum atomic E-state index is 10.8. The van der Waals surface area contributed by atoms with E-state index >= 15 is 0 Å². The SMILES string of the molecule is CCSCC/C=C/C(C)CC(C)=O. The fourth-order valence-corrected chi connectivity index (χ4v) is 1.74. The molecule has 0 saturated carbocycles. The quantitative estimate of drug-likeness (QED) is 0.463. The van der Waals surface area contributed by atoms with Crippen molar-refractivity contribution in [2.24, 2.45) is 5.92 Å². The second kappa shape index (κ2) is 8.36. The van der Waals surface area contributed by atoms with E-state index in [0.29, 0.717) is 12.3 Å². The number of hydrogen-bond acceptors (Lipinski definition) is 2. The first-order chi connectivity index (χ1) is 6.16. The molecular formula is C11H20OS. The third-order valence-corrected chi connectivity index (χ3v) is 2.64. The van der Waals surface area contributed by atoms with Crippen molar-refractivity contribution in [3.05, 3.63) is 12.2 Å². The van der Waals surface area contributed by atoms with Gasteiger partial charge in [0.15, 0.2) is 0 Å². The lowest BCUT2D eigenvalue weighted by Gasteiger charge is -2.01. The molecule has 0 aliphatic carbocycles. The average molecular weight is 200 g/mol.